The maximum absolute atomic E-state index is 11.0. The van der Waals surface area contributed by atoms with E-state index in [0.29, 0.717) is 12.0 Å². The van der Waals surface area contributed by atoms with Crippen LogP contribution in [0.4, 0.5) is 5.69 Å². The molecule has 2 unspecified atom stereocenters. The Balaban J connectivity index is 0.00000200. The maximum Gasteiger partial charge on any atom is 0.221 e. The molecule has 20 heavy (non-hydrogen) atoms. The van der Waals surface area contributed by atoms with E-state index in [1.54, 1.807) is 0 Å². The number of hydrogen-bond donors (Lipinski definition) is 2. The molecule has 0 bridgehead atoms. The molecule has 5 heteroatoms. The number of halogens is 1. The molecule has 0 aromatic heterocycles. The molecule has 0 radical (unpaired) electrons. The smallest absolute Gasteiger partial charge is 0.221 e. The van der Waals surface area contributed by atoms with Crippen molar-refractivity contribution in [1.82, 2.24) is 4.90 Å². The number of carbonyl (C=O) groups is 1. The van der Waals surface area contributed by atoms with Crippen LogP contribution in [0.3, 0.4) is 0 Å². The van der Waals surface area contributed by atoms with E-state index >= 15 is 0 Å². The van der Waals surface area contributed by atoms with Crippen LogP contribution >= 0.6 is 12.4 Å². The minimum absolute atomic E-state index is 0. The van der Waals surface area contributed by atoms with Crippen LogP contribution in [0, 0.1) is 5.92 Å². The monoisotopic (exact) mass is 297 g/mol. The lowest BCUT2D eigenvalue weighted by Gasteiger charge is -2.21. The number of nitrogens with one attached hydrogen (secondary N) is 1. The van der Waals surface area contributed by atoms with Gasteiger partial charge in [0.25, 0.3) is 0 Å². The van der Waals surface area contributed by atoms with E-state index in [0.717, 1.165) is 25.3 Å². The molecule has 1 aliphatic rings. The van der Waals surface area contributed by atoms with Gasteiger partial charge in [-0.05, 0) is 43.5 Å². The number of likely N-dealkylation sites (tertiary alicyclic amines) is 1. The number of nitrogens with two attached hydrogens (primary N) is 1. The summed E-state index contributed by atoms with van der Waals surface area (Å²) in [6.07, 6.45) is 1.19. The number of anilines is 1. The molecule has 1 aromatic rings. The second kappa shape index (κ2) is 7.62. The molecule has 1 aromatic carbocycles. The fraction of sp³-hybridized carbons (Fsp3) is 0.533. The third-order valence-electron chi connectivity index (χ3n) is 3.78. The fourth-order valence-corrected chi connectivity index (χ4v) is 2.74. The van der Waals surface area contributed by atoms with Crippen LogP contribution in [0.5, 0.6) is 0 Å². The second-order valence-corrected chi connectivity index (χ2v) is 5.49. The summed E-state index contributed by atoms with van der Waals surface area (Å²) in [5, 5.41) is 2.78. The van der Waals surface area contributed by atoms with Gasteiger partial charge >= 0.3 is 0 Å². The van der Waals surface area contributed by atoms with Gasteiger partial charge in [-0.1, -0.05) is 12.1 Å². The van der Waals surface area contributed by atoms with E-state index in [4.69, 9.17) is 5.73 Å². The van der Waals surface area contributed by atoms with Crippen molar-refractivity contribution in [3.8, 4) is 0 Å². The van der Waals surface area contributed by atoms with Gasteiger partial charge in [0.05, 0.1) is 0 Å². The molecule has 2 rings (SSSR count). The lowest BCUT2D eigenvalue weighted by molar-refractivity contribution is -0.114. The molecule has 2 atom stereocenters. The summed E-state index contributed by atoms with van der Waals surface area (Å²) in [4.78, 5) is 13.4. The van der Waals surface area contributed by atoms with Crippen LogP contribution in [0.25, 0.3) is 0 Å². The third kappa shape index (κ3) is 4.47. The van der Waals surface area contributed by atoms with Crippen molar-refractivity contribution >= 4 is 24.0 Å². The van der Waals surface area contributed by atoms with E-state index in [9.17, 15) is 4.79 Å². The molecule has 112 valence electrons. The van der Waals surface area contributed by atoms with Crippen molar-refractivity contribution in [1.29, 1.82) is 0 Å². The first kappa shape index (κ1) is 17.0. The lowest BCUT2D eigenvalue weighted by Crippen LogP contribution is -2.27. The Morgan fingerprint density at radius 2 is 2.05 bits per heavy atom. The van der Waals surface area contributed by atoms with Crippen molar-refractivity contribution < 1.29 is 4.79 Å². The Morgan fingerprint density at radius 1 is 1.40 bits per heavy atom. The number of amides is 1. The Labute approximate surface area is 127 Å². The molecule has 1 heterocycles. The molecule has 0 spiro atoms. The molecule has 1 saturated heterocycles. The highest BCUT2D eigenvalue weighted by Gasteiger charge is 2.27. The fourth-order valence-electron chi connectivity index (χ4n) is 2.74. The van der Waals surface area contributed by atoms with Gasteiger partial charge in [0.2, 0.25) is 5.91 Å². The predicted octanol–water partition coefficient (Wildman–Crippen LogP) is 2.24. The average molecular weight is 298 g/mol. The summed E-state index contributed by atoms with van der Waals surface area (Å²) in [6, 6.07) is 8.67. The summed E-state index contributed by atoms with van der Waals surface area (Å²) in [6.45, 7) is 6.61. The van der Waals surface area contributed by atoms with Gasteiger partial charge in [-0.2, -0.15) is 0 Å². The first-order chi connectivity index (χ1) is 9.08. The second-order valence-electron chi connectivity index (χ2n) is 5.49. The van der Waals surface area contributed by atoms with Crippen LogP contribution in [0.1, 0.15) is 25.8 Å². The zero-order valence-corrected chi connectivity index (χ0v) is 13.0. The number of nitrogens with zero attached hydrogens (tertiary/aromatic N) is 1. The molecule has 0 saturated carbocycles. The highest BCUT2D eigenvalue weighted by molar-refractivity contribution is 5.88. The van der Waals surface area contributed by atoms with Crippen molar-refractivity contribution in [3.63, 3.8) is 0 Å². The molecule has 1 fully saturated rings. The molecule has 1 aliphatic heterocycles. The normalized spacial score (nSPS) is 22.4. The van der Waals surface area contributed by atoms with Crippen LogP contribution in [-0.2, 0) is 11.3 Å². The molecule has 0 aliphatic carbocycles. The summed E-state index contributed by atoms with van der Waals surface area (Å²) >= 11 is 0. The van der Waals surface area contributed by atoms with Crippen LogP contribution in [0.15, 0.2) is 24.3 Å². The van der Waals surface area contributed by atoms with E-state index in [1.165, 1.54) is 18.9 Å². The van der Waals surface area contributed by atoms with Gasteiger partial charge in [-0.3, -0.25) is 9.69 Å². The largest absolute Gasteiger partial charge is 0.330 e. The van der Waals surface area contributed by atoms with Gasteiger partial charge in [-0.15, -0.1) is 12.4 Å². The predicted molar refractivity (Wildman–Crippen MR) is 85.0 cm³/mol. The SMILES string of the molecule is CC(=O)Nc1ccc(CN2CC(CN)CC2C)cc1.Cl. The zero-order valence-electron chi connectivity index (χ0n) is 12.1. The number of benzene rings is 1. The molecular formula is C15H24ClN3O. The molecule has 4 nitrogen and oxygen atoms in total. The van der Waals surface area contributed by atoms with Crippen LogP contribution in [0.2, 0.25) is 0 Å². The summed E-state index contributed by atoms with van der Waals surface area (Å²) in [5.41, 5.74) is 7.88. The minimum Gasteiger partial charge on any atom is -0.330 e. The summed E-state index contributed by atoms with van der Waals surface area (Å²) < 4.78 is 0. The van der Waals surface area contributed by atoms with Gasteiger partial charge in [0.15, 0.2) is 0 Å². The lowest BCUT2D eigenvalue weighted by atomic mass is 10.1. The highest BCUT2D eigenvalue weighted by atomic mass is 35.5. The van der Waals surface area contributed by atoms with Gasteiger partial charge in [0, 0.05) is 31.7 Å². The Morgan fingerprint density at radius 3 is 2.55 bits per heavy atom. The van der Waals surface area contributed by atoms with Crippen LogP contribution in [-0.4, -0.2) is 29.9 Å². The van der Waals surface area contributed by atoms with E-state index in [2.05, 4.69) is 29.3 Å². The maximum atomic E-state index is 11.0. The average Bonchev–Trinajstić information content (AvgIpc) is 2.72. The minimum atomic E-state index is -0.0355. The number of hydrogen-bond acceptors (Lipinski definition) is 3. The first-order valence-electron chi connectivity index (χ1n) is 6.89. The topological polar surface area (TPSA) is 58.4 Å². The number of carbonyl (C=O) groups excluding carboxylic acids is 1. The summed E-state index contributed by atoms with van der Waals surface area (Å²) in [5.74, 6) is 0.598. The Kier molecular flexibility index (Phi) is 6.46. The van der Waals surface area contributed by atoms with Gasteiger partial charge < -0.3 is 11.1 Å². The van der Waals surface area contributed by atoms with Gasteiger partial charge in [0.1, 0.15) is 0 Å². The standard InChI is InChI=1S/C15H23N3O.ClH/c1-11-7-14(8-16)10-18(11)9-13-3-5-15(6-4-13)17-12(2)19;/h3-6,11,14H,7-10,16H2,1-2H3,(H,17,19);1H. The Hall–Kier alpha value is -1.10. The number of rotatable bonds is 4. The first-order valence-corrected chi connectivity index (χ1v) is 6.89. The Bertz CT molecular complexity index is 435. The van der Waals surface area contributed by atoms with Crippen LogP contribution < -0.4 is 11.1 Å². The molecular weight excluding hydrogens is 274 g/mol. The van der Waals surface area contributed by atoms with Crippen molar-refractivity contribution in [3.05, 3.63) is 29.8 Å². The quantitative estimate of drug-likeness (QED) is 0.896. The van der Waals surface area contributed by atoms with Crippen molar-refractivity contribution in [2.24, 2.45) is 11.7 Å². The van der Waals surface area contributed by atoms with E-state index in [-0.39, 0.29) is 18.3 Å². The van der Waals surface area contributed by atoms with Crippen molar-refractivity contribution in [2.75, 3.05) is 18.4 Å². The molecule has 1 amide bonds. The van der Waals surface area contributed by atoms with Gasteiger partial charge in [-0.25, -0.2) is 0 Å². The van der Waals surface area contributed by atoms with Crippen molar-refractivity contribution in [2.45, 2.75) is 32.9 Å². The highest BCUT2D eigenvalue weighted by Crippen LogP contribution is 2.24. The third-order valence-corrected chi connectivity index (χ3v) is 3.78. The summed E-state index contributed by atoms with van der Waals surface area (Å²) in [7, 11) is 0. The van der Waals surface area contributed by atoms with E-state index < -0.39 is 0 Å². The molecule has 3 N–H and O–H groups in total. The zero-order chi connectivity index (χ0) is 13.8. The van der Waals surface area contributed by atoms with E-state index in [1.807, 2.05) is 12.1 Å².